The summed E-state index contributed by atoms with van der Waals surface area (Å²) in [5.41, 5.74) is 6.35. The van der Waals surface area contributed by atoms with E-state index in [1.807, 2.05) is 0 Å². The van der Waals surface area contributed by atoms with E-state index in [0.717, 1.165) is 25.4 Å². The van der Waals surface area contributed by atoms with Gasteiger partial charge in [-0.05, 0) is 31.6 Å². The van der Waals surface area contributed by atoms with Gasteiger partial charge in [0.15, 0.2) is 0 Å². The fraction of sp³-hybridized carbons (Fsp3) is 1.00. The summed E-state index contributed by atoms with van der Waals surface area (Å²) in [4.78, 5) is 0. The van der Waals surface area contributed by atoms with Crippen LogP contribution >= 0.6 is 0 Å². The van der Waals surface area contributed by atoms with E-state index in [4.69, 9.17) is 10.5 Å². The first-order chi connectivity index (χ1) is 8.16. The van der Waals surface area contributed by atoms with E-state index in [0.29, 0.717) is 12.1 Å². The Bertz CT molecular complexity index is 235. The standard InChI is InChI=1S/C15H29NO/c1-3-15(2)13(16)10-14(15)17-11-12-8-6-4-5-7-9-12/h12-14H,3-11,16H2,1-2H3. The van der Waals surface area contributed by atoms with Crippen molar-refractivity contribution in [3.8, 4) is 0 Å². The van der Waals surface area contributed by atoms with Crippen LogP contribution in [0.4, 0.5) is 0 Å². The summed E-state index contributed by atoms with van der Waals surface area (Å²) in [5, 5.41) is 0. The first kappa shape index (κ1) is 13.4. The van der Waals surface area contributed by atoms with Gasteiger partial charge >= 0.3 is 0 Å². The molecule has 2 N–H and O–H groups in total. The van der Waals surface area contributed by atoms with Gasteiger partial charge in [-0.2, -0.15) is 0 Å². The lowest BCUT2D eigenvalue weighted by Gasteiger charge is -2.52. The highest BCUT2D eigenvalue weighted by Gasteiger charge is 2.49. The van der Waals surface area contributed by atoms with Crippen LogP contribution < -0.4 is 5.73 Å². The second-order valence-electron chi connectivity index (χ2n) is 6.38. The third-order valence-corrected chi connectivity index (χ3v) is 5.32. The normalized spacial score (nSPS) is 39.7. The lowest BCUT2D eigenvalue weighted by molar-refractivity contribution is -0.128. The van der Waals surface area contributed by atoms with Crippen LogP contribution in [0.1, 0.15) is 65.2 Å². The molecular formula is C15H29NO. The minimum Gasteiger partial charge on any atom is -0.377 e. The van der Waals surface area contributed by atoms with Crippen molar-refractivity contribution in [1.29, 1.82) is 0 Å². The van der Waals surface area contributed by atoms with Gasteiger partial charge in [0.05, 0.1) is 6.10 Å². The predicted molar refractivity (Wildman–Crippen MR) is 71.9 cm³/mol. The molecule has 0 radical (unpaired) electrons. The highest BCUT2D eigenvalue weighted by molar-refractivity contribution is 5.03. The van der Waals surface area contributed by atoms with E-state index >= 15 is 0 Å². The van der Waals surface area contributed by atoms with Crippen LogP contribution in [-0.2, 0) is 4.74 Å². The van der Waals surface area contributed by atoms with Crippen molar-refractivity contribution in [2.75, 3.05) is 6.61 Å². The maximum absolute atomic E-state index is 6.17. The van der Waals surface area contributed by atoms with Crippen LogP contribution in [0.2, 0.25) is 0 Å². The quantitative estimate of drug-likeness (QED) is 0.762. The Kier molecular flexibility index (Phi) is 4.48. The summed E-state index contributed by atoms with van der Waals surface area (Å²) in [5.74, 6) is 0.815. The Hall–Kier alpha value is -0.0800. The van der Waals surface area contributed by atoms with Gasteiger partial charge in [-0.3, -0.25) is 0 Å². The Labute approximate surface area is 106 Å². The predicted octanol–water partition coefficient (Wildman–Crippen LogP) is 3.49. The number of ether oxygens (including phenoxy) is 1. The van der Waals surface area contributed by atoms with Crippen molar-refractivity contribution in [3.05, 3.63) is 0 Å². The molecule has 2 saturated carbocycles. The largest absolute Gasteiger partial charge is 0.377 e. The molecule has 0 aromatic rings. The summed E-state index contributed by atoms with van der Waals surface area (Å²) in [6, 6.07) is 0.353. The van der Waals surface area contributed by atoms with Crippen molar-refractivity contribution < 1.29 is 4.74 Å². The van der Waals surface area contributed by atoms with E-state index < -0.39 is 0 Å². The average Bonchev–Trinajstić information content (AvgIpc) is 2.61. The smallest absolute Gasteiger partial charge is 0.0658 e. The van der Waals surface area contributed by atoms with E-state index in [9.17, 15) is 0 Å². The van der Waals surface area contributed by atoms with Gasteiger partial charge in [0.1, 0.15) is 0 Å². The monoisotopic (exact) mass is 239 g/mol. The fourth-order valence-corrected chi connectivity index (χ4v) is 3.38. The Morgan fingerprint density at radius 2 is 1.82 bits per heavy atom. The highest BCUT2D eigenvalue weighted by Crippen LogP contribution is 2.44. The van der Waals surface area contributed by atoms with Crippen LogP contribution in [-0.4, -0.2) is 18.8 Å². The molecule has 0 aliphatic heterocycles. The zero-order chi connectivity index (χ0) is 12.3. The molecule has 0 aromatic carbocycles. The van der Waals surface area contributed by atoms with E-state index in [2.05, 4.69) is 13.8 Å². The minimum atomic E-state index is 0.241. The van der Waals surface area contributed by atoms with Crippen LogP contribution in [0.3, 0.4) is 0 Å². The van der Waals surface area contributed by atoms with Crippen molar-refractivity contribution in [3.63, 3.8) is 0 Å². The molecule has 2 rings (SSSR count). The fourth-order valence-electron chi connectivity index (χ4n) is 3.38. The van der Waals surface area contributed by atoms with Gasteiger partial charge in [-0.15, -0.1) is 0 Å². The zero-order valence-corrected chi connectivity index (χ0v) is 11.6. The summed E-state index contributed by atoms with van der Waals surface area (Å²) < 4.78 is 6.17. The van der Waals surface area contributed by atoms with Gasteiger partial charge in [-0.25, -0.2) is 0 Å². The van der Waals surface area contributed by atoms with Crippen LogP contribution in [0, 0.1) is 11.3 Å². The first-order valence-electron chi connectivity index (χ1n) is 7.54. The number of nitrogens with two attached hydrogens (primary N) is 1. The van der Waals surface area contributed by atoms with Crippen LogP contribution in [0.15, 0.2) is 0 Å². The Morgan fingerprint density at radius 1 is 1.18 bits per heavy atom. The van der Waals surface area contributed by atoms with Gasteiger partial charge in [-0.1, -0.05) is 39.5 Å². The minimum absolute atomic E-state index is 0.241. The molecule has 0 bridgehead atoms. The lowest BCUT2D eigenvalue weighted by Crippen LogP contribution is -2.60. The van der Waals surface area contributed by atoms with Crippen molar-refractivity contribution in [2.24, 2.45) is 17.1 Å². The molecule has 2 heteroatoms. The van der Waals surface area contributed by atoms with Crippen molar-refractivity contribution >= 4 is 0 Å². The van der Waals surface area contributed by atoms with Gasteiger partial charge < -0.3 is 10.5 Å². The first-order valence-corrected chi connectivity index (χ1v) is 7.54. The highest BCUT2D eigenvalue weighted by atomic mass is 16.5. The van der Waals surface area contributed by atoms with Gasteiger partial charge in [0.25, 0.3) is 0 Å². The van der Waals surface area contributed by atoms with E-state index in [-0.39, 0.29) is 5.41 Å². The molecule has 2 nitrogen and oxygen atoms in total. The second kappa shape index (κ2) is 5.71. The third-order valence-electron chi connectivity index (χ3n) is 5.32. The number of hydrogen-bond acceptors (Lipinski definition) is 2. The summed E-state index contributed by atoms with van der Waals surface area (Å²) in [7, 11) is 0. The summed E-state index contributed by atoms with van der Waals surface area (Å²) in [6.45, 7) is 5.51. The van der Waals surface area contributed by atoms with Crippen molar-refractivity contribution in [2.45, 2.75) is 77.4 Å². The third kappa shape index (κ3) is 2.85. The molecule has 2 aliphatic rings. The maximum atomic E-state index is 6.17. The zero-order valence-electron chi connectivity index (χ0n) is 11.6. The topological polar surface area (TPSA) is 35.2 Å². The lowest BCUT2D eigenvalue weighted by atomic mass is 9.62. The summed E-state index contributed by atoms with van der Waals surface area (Å²) >= 11 is 0. The number of rotatable bonds is 4. The molecule has 3 atom stereocenters. The van der Waals surface area contributed by atoms with E-state index in [1.54, 1.807) is 0 Å². The molecule has 100 valence electrons. The van der Waals surface area contributed by atoms with Crippen LogP contribution in [0.5, 0.6) is 0 Å². The molecule has 2 fully saturated rings. The number of hydrogen-bond donors (Lipinski definition) is 1. The molecule has 0 amide bonds. The SMILES string of the molecule is CCC1(C)C(N)CC1OCC1CCCCCC1. The maximum Gasteiger partial charge on any atom is 0.0658 e. The molecular weight excluding hydrogens is 210 g/mol. The second-order valence-corrected chi connectivity index (χ2v) is 6.38. The molecule has 17 heavy (non-hydrogen) atoms. The molecule has 2 aliphatic carbocycles. The molecule has 0 heterocycles. The molecule has 0 spiro atoms. The molecule has 3 unspecified atom stereocenters. The molecule has 0 saturated heterocycles. The van der Waals surface area contributed by atoms with Crippen molar-refractivity contribution in [1.82, 2.24) is 0 Å². The van der Waals surface area contributed by atoms with Crippen LogP contribution in [0.25, 0.3) is 0 Å². The Balaban J connectivity index is 1.74. The van der Waals surface area contributed by atoms with Gasteiger partial charge in [0, 0.05) is 18.1 Å². The average molecular weight is 239 g/mol. The molecule has 0 aromatic heterocycles. The Morgan fingerprint density at radius 3 is 2.35 bits per heavy atom. The van der Waals surface area contributed by atoms with Gasteiger partial charge in [0.2, 0.25) is 0 Å². The summed E-state index contributed by atoms with van der Waals surface area (Å²) in [6.07, 6.45) is 11.1. The van der Waals surface area contributed by atoms with E-state index in [1.165, 1.54) is 38.5 Å².